The Labute approximate surface area is 162 Å². The molecule has 0 aliphatic carbocycles. The third kappa shape index (κ3) is 6.87. The Hall–Kier alpha value is -1.75. The van der Waals surface area contributed by atoms with E-state index in [1.54, 1.807) is 0 Å². The lowest BCUT2D eigenvalue weighted by Gasteiger charge is -2.16. The van der Waals surface area contributed by atoms with E-state index in [0.29, 0.717) is 30.5 Å². The zero-order valence-electron chi connectivity index (χ0n) is 15.9. The van der Waals surface area contributed by atoms with Gasteiger partial charge in [-0.25, -0.2) is 0 Å². The van der Waals surface area contributed by atoms with Gasteiger partial charge in [0.25, 0.3) is 0 Å². The fraction of sp³-hybridized carbons (Fsp3) is 0.429. The quantitative estimate of drug-likeness (QED) is 0.591. The number of hydrogen-bond donors (Lipinski definition) is 1. The molecule has 0 radical (unpaired) electrons. The van der Waals surface area contributed by atoms with Gasteiger partial charge in [-0.3, -0.25) is 0 Å². The molecule has 0 heterocycles. The van der Waals surface area contributed by atoms with Crippen LogP contribution in [0.3, 0.4) is 0 Å². The van der Waals surface area contributed by atoms with E-state index in [1.807, 2.05) is 49.4 Å². The van der Waals surface area contributed by atoms with Gasteiger partial charge in [-0.15, -0.1) is 0 Å². The fourth-order valence-electron chi connectivity index (χ4n) is 2.57. The van der Waals surface area contributed by atoms with Gasteiger partial charge in [-0.2, -0.15) is 0 Å². The molecule has 2 aromatic rings. The van der Waals surface area contributed by atoms with Crippen molar-refractivity contribution in [3.63, 3.8) is 0 Å². The van der Waals surface area contributed by atoms with Gasteiger partial charge in [0.15, 0.2) is 11.5 Å². The smallest absolute Gasteiger partial charge is 0.163 e. The second kappa shape index (κ2) is 11.1. The summed E-state index contributed by atoms with van der Waals surface area (Å²) in [6, 6.07) is 13.9. The lowest BCUT2D eigenvalue weighted by molar-refractivity contribution is 0.269. The van der Waals surface area contributed by atoms with E-state index in [-0.39, 0.29) is 0 Å². The van der Waals surface area contributed by atoms with Gasteiger partial charge in [0, 0.05) is 17.6 Å². The van der Waals surface area contributed by atoms with Crippen LogP contribution >= 0.6 is 11.6 Å². The van der Waals surface area contributed by atoms with Crippen molar-refractivity contribution in [3.05, 3.63) is 58.6 Å². The molecule has 0 saturated carbocycles. The molecular formula is C21H29ClN2O2. The maximum Gasteiger partial charge on any atom is 0.163 e. The number of ether oxygens (including phenoxy) is 2. The van der Waals surface area contributed by atoms with Crippen LogP contribution in [0.5, 0.6) is 11.5 Å². The second-order valence-electron chi connectivity index (χ2n) is 6.43. The second-order valence-corrected chi connectivity index (χ2v) is 6.84. The lowest BCUT2D eigenvalue weighted by Crippen LogP contribution is -2.21. The molecule has 0 aliphatic rings. The highest BCUT2D eigenvalue weighted by molar-refractivity contribution is 6.31. The fourth-order valence-corrected chi connectivity index (χ4v) is 2.79. The van der Waals surface area contributed by atoms with E-state index in [4.69, 9.17) is 21.1 Å². The van der Waals surface area contributed by atoms with E-state index >= 15 is 0 Å². The molecule has 0 unspecified atom stereocenters. The van der Waals surface area contributed by atoms with Crippen molar-refractivity contribution in [1.29, 1.82) is 0 Å². The Kier molecular flexibility index (Phi) is 8.75. The molecule has 1 N–H and O–H groups in total. The summed E-state index contributed by atoms with van der Waals surface area (Å²) in [6.45, 7) is 5.76. The average molecular weight is 377 g/mol. The molecule has 142 valence electrons. The van der Waals surface area contributed by atoms with Crippen LogP contribution in [0.25, 0.3) is 0 Å². The summed E-state index contributed by atoms with van der Waals surface area (Å²) in [5.41, 5.74) is 2.13. The zero-order valence-corrected chi connectivity index (χ0v) is 16.7. The normalized spacial score (nSPS) is 11.0. The van der Waals surface area contributed by atoms with Crippen LogP contribution in [-0.4, -0.2) is 38.7 Å². The summed E-state index contributed by atoms with van der Waals surface area (Å²) < 4.78 is 11.7. The first-order valence-electron chi connectivity index (χ1n) is 9.07. The van der Waals surface area contributed by atoms with E-state index in [2.05, 4.69) is 24.3 Å². The molecule has 0 amide bonds. The number of nitrogens with one attached hydrogen (secondary N) is 1. The van der Waals surface area contributed by atoms with Gasteiger partial charge in [0.1, 0.15) is 6.61 Å². The molecule has 0 bridgehead atoms. The van der Waals surface area contributed by atoms with Crippen molar-refractivity contribution in [2.24, 2.45) is 0 Å². The van der Waals surface area contributed by atoms with Gasteiger partial charge >= 0.3 is 0 Å². The van der Waals surface area contributed by atoms with Crippen LogP contribution in [0.1, 0.15) is 24.5 Å². The summed E-state index contributed by atoms with van der Waals surface area (Å²) in [6.07, 6.45) is 1.10. The highest BCUT2D eigenvalue weighted by Gasteiger charge is 2.11. The number of halogens is 1. The SMILES string of the molecule is CCOc1cc(CNCCCN(C)C)c(Cl)cc1OCc1ccccc1. The molecule has 0 atom stereocenters. The van der Waals surface area contributed by atoms with Crippen LogP contribution in [0.4, 0.5) is 0 Å². The van der Waals surface area contributed by atoms with Crippen LogP contribution in [0.15, 0.2) is 42.5 Å². The van der Waals surface area contributed by atoms with E-state index < -0.39 is 0 Å². The third-order valence-electron chi connectivity index (χ3n) is 3.92. The van der Waals surface area contributed by atoms with Gasteiger partial charge in [0.05, 0.1) is 6.61 Å². The zero-order chi connectivity index (χ0) is 18.8. The first kappa shape index (κ1) is 20.6. The van der Waals surface area contributed by atoms with Crippen LogP contribution < -0.4 is 14.8 Å². The van der Waals surface area contributed by atoms with Crippen molar-refractivity contribution in [1.82, 2.24) is 10.2 Å². The third-order valence-corrected chi connectivity index (χ3v) is 4.28. The van der Waals surface area contributed by atoms with E-state index in [0.717, 1.165) is 36.4 Å². The van der Waals surface area contributed by atoms with Gasteiger partial charge in [-0.1, -0.05) is 41.9 Å². The van der Waals surface area contributed by atoms with E-state index in [9.17, 15) is 0 Å². The summed E-state index contributed by atoms with van der Waals surface area (Å²) in [5.74, 6) is 1.41. The Balaban J connectivity index is 1.99. The van der Waals surface area contributed by atoms with Crippen molar-refractivity contribution in [2.45, 2.75) is 26.5 Å². The predicted molar refractivity (Wildman–Crippen MR) is 108 cm³/mol. The molecule has 0 aliphatic heterocycles. The number of rotatable bonds is 11. The molecule has 0 aromatic heterocycles. The predicted octanol–water partition coefficient (Wildman–Crippen LogP) is 4.36. The molecule has 0 saturated heterocycles. The maximum absolute atomic E-state index is 6.46. The summed E-state index contributed by atoms with van der Waals surface area (Å²) in [5, 5.41) is 4.13. The van der Waals surface area contributed by atoms with Gasteiger partial charge in [-0.05, 0) is 57.7 Å². The van der Waals surface area contributed by atoms with E-state index in [1.165, 1.54) is 0 Å². The van der Waals surface area contributed by atoms with Crippen LogP contribution in [0, 0.1) is 0 Å². The molecule has 5 heteroatoms. The summed E-state index contributed by atoms with van der Waals surface area (Å²) >= 11 is 6.46. The highest BCUT2D eigenvalue weighted by Crippen LogP contribution is 2.34. The first-order valence-corrected chi connectivity index (χ1v) is 9.45. The Morgan fingerprint density at radius 3 is 2.46 bits per heavy atom. The molecule has 4 nitrogen and oxygen atoms in total. The molecule has 0 fully saturated rings. The Morgan fingerprint density at radius 1 is 1.04 bits per heavy atom. The minimum atomic E-state index is 0.485. The summed E-state index contributed by atoms with van der Waals surface area (Å²) in [7, 11) is 4.17. The van der Waals surface area contributed by atoms with Crippen molar-refractivity contribution in [2.75, 3.05) is 33.8 Å². The van der Waals surface area contributed by atoms with Crippen LogP contribution in [-0.2, 0) is 13.2 Å². The first-order chi connectivity index (χ1) is 12.6. The minimum Gasteiger partial charge on any atom is -0.490 e. The lowest BCUT2D eigenvalue weighted by atomic mass is 10.2. The molecule has 0 spiro atoms. The minimum absolute atomic E-state index is 0.485. The largest absolute Gasteiger partial charge is 0.490 e. The number of hydrogen-bond acceptors (Lipinski definition) is 4. The molecule has 26 heavy (non-hydrogen) atoms. The van der Waals surface area contributed by atoms with Crippen LogP contribution in [0.2, 0.25) is 5.02 Å². The number of nitrogens with zero attached hydrogens (tertiary/aromatic N) is 1. The topological polar surface area (TPSA) is 33.7 Å². The van der Waals surface area contributed by atoms with Crippen molar-refractivity contribution >= 4 is 11.6 Å². The highest BCUT2D eigenvalue weighted by atomic mass is 35.5. The monoisotopic (exact) mass is 376 g/mol. The Bertz CT molecular complexity index is 663. The van der Waals surface area contributed by atoms with Crippen molar-refractivity contribution < 1.29 is 9.47 Å². The Morgan fingerprint density at radius 2 is 1.77 bits per heavy atom. The molecule has 2 rings (SSSR count). The molecular weight excluding hydrogens is 348 g/mol. The number of benzene rings is 2. The summed E-state index contributed by atoms with van der Waals surface area (Å²) in [4.78, 5) is 2.18. The van der Waals surface area contributed by atoms with Gasteiger partial charge in [0.2, 0.25) is 0 Å². The van der Waals surface area contributed by atoms with Crippen molar-refractivity contribution in [3.8, 4) is 11.5 Å². The standard InChI is InChI=1S/C21H29ClN2O2/c1-4-25-20-13-18(15-23-11-8-12-24(2)3)19(22)14-21(20)26-16-17-9-6-5-7-10-17/h5-7,9-10,13-14,23H,4,8,11-12,15-16H2,1-3H3. The van der Waals surface area contributed by atoms with Gasteiger partial charge < -0.3 is 19.7 Å². The molecule has 2 aromatic carbocycles. The average Bonchev–Trinajstić information content (AvgIpc) is 2.63. The maximum atomic E-state index is 6.46.